The first kappa shape index (κ1) is 38.6. The van der Waals surface area contributed by atoms with E-state index in [0.29, 0.717) is 16.3 Å². The molecule has 1 fully saturated rings. The Hall–Kier alpha value is -4.65. The molecule has 1 N–H and O–H groups in total. The third-order valence-corrected chi connectivity index (χ3v) is 11.5. The summed E-state index contributed by atoms with van der Waals surface area (Å²) >= 11 is 12.8. The minimum atomic E-state index is -4.59. The average molecular weight is 768 g/mol. The summed E-state index contributed by atoms with van der Waals surface area (Å²) in [6.07, 6.45) is 4.79. The van der Waals surface area contributed by atoms with Gasteiger partial charge in [0.15, 0.2) is 0 Å². The number of methoxy groups -OCH3 is 1. The molecule has 0 spiro atoms. The van der Waals surface area contributed by atoms with E-state index in [2.05, 4.69) is 5.32 Å². The van der Waals surface area contributed by atoms with Gasteiger partial charge in [-0.05, 0) is 73.4 Å². The molecule has 52 heavy (non-hydrogen) atoms. The van der Waals surface area contributed by atoms with E-state index in [9.17, 15) is 28.1 Å². The zero-order chi connectivity index (χ0) is 37.4. The van der Waals surface area contributed by atoms with Crippen LogP contribution in [0.5, 0.6) is 5.75 Å². The fraction of sp³-hybridized carbons (Fsp3) is 0.316. The first-order valence-corrected chi connectivity index (χ1v) is 19.1. The van der Waals surface area contributed by atoms with Gasteiger partial charge in [0.1, 0.15) is 18.3 Å². The summed E-state index contributed by atoms with van der Waals surface area (Å²) in [5.74, 6) is -0.631. The highest BCUT2D eigenvalue weighted by molar-refractivity contribution is 7.92. The van der Waals surface area contributed by atoms with Gasteiger partial charge in [0.25, 0.3) is 15.7 Å². The first-order chi connectivity index (χ1) is 24.9. The van der Waals surface area contributed by atoms with Gasteiger partial charge in [-0.1, -0.05) is 84.9 Å². The largest absolute Gasteiger partial charge is 0.497 e. The Morgan fingerprint density at radius 1 is 0.962 bits per heavy atom. The molecule has 1 aliphatic rings. The van der Waals surface area contributed by atoms with Crippen LogP contribution in [0.15, 0.2) is 95.9 Å². The maximum Gasteiger partial charge on any atom is 0.273 e. The van der Waals surface area contributed by atoms with Crippen LogP contribution >= 0.6 is 23.2 Å². The molecule has 0 aromatic heterocycles. The van der Waals surface area contributed by atoms with E-state index in [4.69, 9.17) is 27.9 Å². The number of rotatable bonds is 14. The number of carbonyl (C=O) groups is 2. The summed E-state index contributed by atoms with van der Waals surface area (Å²) < 4.78 is 35.0. The number of ether oxygens (including phenoxy) is 1. The molecule has 11 nitrogen and oxygen atoms in total. The van der Waals surface area contributed by atoms with Crippen LogP contribution in [0.2, 0.25) is 10.0 Å². The van der Waals surface area contributed by atoms with Crippen LogP contribution < -0.4 is 14.4 Å². The molecule has 14 heteroatoms. The molecule has 0 bridgehead atoms. The standard InChI is InChI=1S/C38H40Cl2N4O7S/c1-26-13-20-33(23-35(26)44(47)48)52(49,50)43(31-16-18-32(51-2)19-17-31)25-37(45)42(24-28-14-15-29(39)22-34(28)40)36(21-27-9-5-3-6-10-27)38(46)41-30-11-7-4-8-12-30/h3,5-6,9-10,13-20,22-23,30,36H,4,7-8,11-12,21,24-25H2,1-2H3,(H,41,46)/t36-/m0/s1. The SMILES string of the molecule is COc1ccc(N(CC(=O)N(Cc2ccc(Cl)cc2Cl)[C@@H](Cc2ccccc2)C(=O)NC2CCCCC2)S(=O)(=O)c2ccc(C)c([N+](=O)[O-])c2)cc1. The Morgan fingerprint density at radius 2 is 1.65 bits per heavy atom. The summed E-state index contributed by atoms with van der Waals surface area (Å²) in [4.78, 5) is 41.2. The van der Waals surface area contributed by atoms with Crippen molar-refractivity contribution in [1.82, 2.24) is 10.2 Å². The fourth-order valence-electron chi connectivity index (χ4n) is 6.28. The maximum atomic E-state index is 14.8. The summed E-state index contributed by atoms with van der Waals surface area (Å²) in [6, 6.07) is 22.6. The lowest BCUT2D eigenvalue weighted by Crippen LogP contribution is -2.55. The second-order valence-corrected chi connectivity index (χ2v) is 15.4. The molecule has 274 valence electrons. The Balaban J connectivity index is 1.61. The van der Waals surface area contributed by atoms with Crippen molar-refractivity contribution in [2.75, 3.05) is 18.0 Å². The van der Waals surface area contributed by atoms with Gasteiger partial charge < -0.3 is 15.0 Å². The molecule has 4 aromatic carbocycles. The number of amides is 2. The summed E-state index contributed by atoms with van der Waals surface area (Å²) in [5, 5.41) is 15.6. The van der Waals surface area contributed by atoms with Crippen molar-refractivity contribution in [2.24, 2.45) is 0 Å². The number of hydrogen-bond acceptors (Lipinski definition) is 7. The van der Waals surface area contributed by atoms with Crippen LogP contribution in [0.25, 0.3) is 0 Å². The predicted octanol–water partition coefficient (Wildman–Crippen LogP) is 7.50. The monoisotopic (exact) mass is 766 g/mol. The molecule has 0 heterocycles. The van der Waals surface area contributed by atoms with Crippen LogP contribution in [0.1, 0.15) is 48.8 Å². The van der Waals surface area contributed by atoms with Crippen LogP contribution in [0.4, 0.5) is 11.4 Å². The van der Waals surface area contributed by atoms with Crippen LogP contribution in [-0.2, 0) is 32.6 Å². The predicted molar refractivity (Wildman–Crippen MR) is 201 cm³/mol. The van der Waals surface area contributed by atoms with E-state index in [1.807, 2.05) is 30.3 Å². The Labute approximate surface area is 313 Å². The molecule has 4 aromatic rings. The first-order valence-electron chi connectivity index (χ1n) is 16.9. The van der Waals surface area contributed by atoms with Crippen molar-refractivity contribution < 1.29 is 27.7 Å². The minimum Gasteiger partial charge on any atom is -0.497 e. The van der Waals surface area contributed by atoms with Crippen molar-refractivity contribution in [3.63, 3.8) is 0 Å². The summed E-state index contributed by atoms with van der Waals surface area (Å²) in [6.45, 7) is 0.616. The molecule has 1 aliphatic carbocycles. The maximum absolute atomic E-state index is 14.8. The normalized spacial score (nSPS) is 13.9. The van der Waals surface area contributed by atoms with Gasteiger partial charge in [-0.25, -0.2) is 8.42 Å². The number of anilines is 1. The van der Waals surface area contributed by atoms with Gasteiger partial charge in [0, 0.05) is 40.7 Å². The number of nitrogens with zero attached hydrogens (tertiary/aromatic N) is 3. The van der Waals surface area contributed by atoms with E-state index in [0.717, 1.165) is 48.0 Å². The molecule has 0 aliphatic heterocycles. The summed E-state index contributed by atoms with van der Waals surface area (Å²) in [7, 11) is -3.13. The third kappa shape index (κ3) is 9.41. The number of nitrogens with one attached hydrogen (secondary N) is 1. The van der Waals surface area contributed by atoms with Crippen molar-refractivity contribution in [2.45, 2.75) is 69.0 Å². The molecular weight excluding hydrogens is 727 g/mol. The van der Waals surface area contributed by atoms with E-state index in [1.165, 1.54) is 49.3 Å². The molecule has 1 saturated carbocycles. The van der Waals surface area contributed by atoms with Gasteiger partial charge in [-0.3, -0.25) is 24.0 Å². The van der Waals surface area contributed by atoms with Gasteiger partial charge in [0.2, 0.25) is 11.8 Å². The average Bonchev–Trinajstić information content (AvgIpc) is 3.13. The van der Waals surface area contributed by atoms with E-state index < -0.39 is 33.4 Å². The number of aryl methyl sites for hydroxylation is 1. The minimum absolute atomic E-state index is 0.0656. The summed E-state index contributed by atoms with van der Waals surface area (Å²) in [5.41, 5.74) is 1.28. The Morgan fingerprint density at radius 3 is 2.29 bits per heavy atom. The van der Waals surface area contributed by atoms with Crippen molar-refractivity contribution in [3.8, 4) is 5.75 Å². The number of benzene rings is 4. The zero-order valence-corrected chi connectivity index (χ0v) is 31.2. The highest BCUT2D eigenvalue weighted by atomic mass is 35.5. The lowest BCUT2D eigenvalue weighted by molar-refractivity contribution is -0.385. The highest BCUT2D eigenvalue weighted by Gasteiger charge is 2.36. The van der Waals surface area contributed by atoms with Gasteiger partial charge >= 0.3 is 0 Å². The van der Waals surface area contributed by atoms with Crippen molar-refractivity contribution in [1.29, 1.82) is 0 Å². The number of halogens is 2. The Bertz CT molecular complexity index is 2010. The molecule has 0 saturated heterocycles. The lowest BCUT2D eigenvalue weighted by Gasteiger charge is -2.35. The third-order valence-electron chi connectivity index (χ3n) is 9.18. The smallest absolute Gasteiger partial charge is 0.273 e. The topological polar surface area (TPSA) is 139 Å². The molecule has 0 radical (unpaired) electrons. The number of nitro groups is 1. The molecule has 5 rings (SSSR count). The molecular formula is C38H40Cl2N4O7S. The Kier molecular flexibility index (Phi) is 12.8. The second-order valence-electron chi connectivity index (χ2n) is 12.7. The molecule has 1 atom stereocenters. The van der Waals surface area contributed by atoms with Crippen molar-refractivity contribution in [3.05, 3.63) is 128 Å². The zero-order valence-electron chi connectivity index (χ0n) is 28.8. The van der Waals surface area contributed by atoms with E-state index in [-0.39, 0.29) is 51.8 Å². The van der Waals surface area contributed by atoms with Crippen LogP contribution in [-0.4, -0.2) is 55.8 Å². The van der Waals surface area contributed by atoms with Gasteiger partial charge in [-0.2, -0.15) is 0 Å². The number of sulfonamides is 1. The van der Waals surface area contributed by atoms with E-state index >= 15 is 0 Å². The van der Waals surface area contributed by atoms with Crippen LogP contribution in [0, 0.1) is 17.0 Å². The number of nitro benzene ring substituents is 1. The number of hydrogen-bond donors (Lipinski definition) is 1. The molecule has 0 unspecified atom stereocenters. The van der Waals surface area contributed by atoms with Crippen LogP contribution in [0.3, 0.4) is 0 Å². The van der Waals surface area contributed by atoms with Crippen molar-refractivity contribution >= 4 is 56.4 Å². The molecule has 2 amide bonds. The number of carbonyl (C=O) groups excluding carboxylic acids is 2. The van der Waals surface area contributed by atoms with Gasteiger partial charge in [-0.15, -0.1) is 0 Å². The quantitative estimate of drug-likeness (QED) is 0.104. The van der Waals surface area contributed by atoms with E-state index in [1.54, 1.807) is 24.3 Å². The lowest BCUT2D eigenvalue weighted by atomic mass is 9.94. The fourth-order valence-corrected chi connectivity index (χ4v) is 8.19. The second kappa shape index (κ2) is 17.2. The van der Waals surface area contributed by atoms with Gasteiger partial charge in [0.05, 0.1) is 22.6 Å². The highest BCUT2D eigenvalue weighted by Crippen LogP contribution is 2.31.